The number of fused-ring (bicyclic) bond motifs is 1. The maximum atomic E-state index is 11.7. The Labute approximate surface area is 80.8 Å². The Bertz CT molecular complexity index is 377. The molecular weight excluding hydrogens is 184 g/mol. The van der Waals surface area contributed by atoms with Crippen molar-refractivity contribution in [2.45, 2.75) is 12.8 Å². The van der Waals surface area contributed by atoms with Gasteiger partial charge in [0.15, 0.2) is 5.78 Å². The van der Waals surface area contributed by atoms with Crippen LogP contribution in [0.3, 0.4) is 0 Å². The molecule has 74 valence electrons. The molecule has 1 aliphatic rings. The summed E-state index contributed by atoms with van der Waals surface area (Å²) in [5.74, 6) is -0.617. The van der Waals surface area contributed by atoms with Gasteiger partial charge in [-0.2, -0.15) is 0 Å². The highest BCUT2D eigenvalue weighted by molar-refractivity contribution is 6.09. The normalized spacial score (nSPS) is 20.4. The zero-order valence-corrected chi connectivity index (χ0v) is 7.78. The number of ether oxygens (including phenoxy) is 1. The summed E-state index contributed by atoms with van der Waals surface area (Å²) in [7, 11) is 1.29. The molecule has 14 heavy (non-hydrogen) atoms. The predicted molar refractivity (Wildman–Crippen MR) is 46.9 cm³/mol. The summed E-state index contributed by atoms with van der Waals surface area (Å²) in [5.41, 5.74) is 0.520. The van der Waals surface area contributed by atoms with Gasteiger partial charge in [-0.05, 0) is 12.5 Å². The number of carbonyl (C=O) groups excluding carboxylic acids is 2. The third-order valence-electron chi connectivity index (χ3n) is 2.47. The molecule has 0 amide bonds. The first kappa shape index (κ1) is 8.99. The van der Waals surface area contributed by atoms with Crippen molar-refractivity contribution in [1.29, 1.82) is 0 Å². The van der Waals surface area contributed by atoms with Crippen molar-refractivity contribution in [3.8, 4) is 0 Å². The van der Waals surface area contributed by atoms with Crippen LogP contribution in [0.2, 0.25) is 0 Å². The fourth-order valence-corrected chi connectivity index (χ4v) is 1.72. The highest BCUT2D eigenvalue weighted by Crippen LogP contribution is 2.26. The van der Waals surface area contributed by atoms with E-state index in [-0.39, 0.29) is 5.78 Å². The van der Waals surface area contributed by atoms with E-state index in [0.29, 0.717) is 24.2 Å². The largest absolute Gasteiger partial charge is 0.469 e. The van der Waals surface area contributed by atoms with Gasteiger partial charge < -0.3 is 9.15 Å². The van der Waals surface area contributed by atoms with Crippen LogP contribution in [-0.2, 0) is 16.0 Å². The van der Waals surface area contributed by atoms with E-state index in [4.69, 9.17) is 4.42 Å². The molecule has 1 heterocycles. The molecule has 4 nitrogen and oxygen atoms in total. The van der Waals surface area contributed by atoms with Gasteiger partial charge in [-0.25, -0.2) is 0 Å². The molecule has 0 radical (unpaired) electrons. The molecule has 4 heteroatoms. The molecule has 0 saturated heterocycles. The van der Waals surface area contributed by atoms with Gasteiger partial charge in [0, 0.05) is 6.42 Å². The van der Waals surface area contributed by atoms with Crippen molar-refractivity contribution >= 4 is 11.8 Å². The Kier molecular flexibility index (Phi) is 2.11. The minimum absolute atomic E-state index is 0.188. The Hall–Kier alpha value is -1.58. The molecule has 0 saturated carbocycles. The number of esters is 1. The fraction of sp³-hybridized carbons (Fsp3) is 0.400. The number of rotatable bonds is 1. The van der Waals surface area contributed by atoms with Gasteiger partial charge in [0.05, 0.1) is 18.9 Å². The van der Waals surface area contributed by atoms with E-state index in [1.165, 1.54) is 13.4 Å². The summed E-state index contributed by atoms with van der Waals surface area (Å²) in [4.78, 5) is 23.0. The molecule has 1 aliphatic carbocycles. The molecule has 2 rings (SSSR count). The number of methoxy groups -OCH3 is 1. The predicted octanol–water partition coefficient (Wildman–Crippen LogP) is 1.20. The highest BCUT2D eigenvalue weighted by Gasteiger charge is 2.34. The second kappa shape index (κ2) is 3.29. The van der Waals surface area contributed by atoms with Gasteiger partial charge in [-0.15, -0.1) is 0 Å². The molecule has 1 atom stereocenters. The molecule has 0 aliphatic heterocycles. The molecule has 1 aromatic heterocycles. The van der Waals surface area contributed by atoms with Crippen LogP contribution < -0.4 is 0 Å². The number of Topliss-reactive ketones (excluding diaryl/α,β-unsaturated/α-hetero) is 1. The monoisotopic (exact) mass is 194 g/mol. The summed E-state index contributed by atoms with van der Waals surface area (Å²) >= 11 is 0. The van der Waals surface area contributed by atoms with Gasteiger partial charge in [0.25, 0.3) is 0 Å². The maximum absolute atomic E-state index is 11.7. The van der Waals surface area contributed by atoms with Crippen LogP contribution in [-0.4, -0.2) is 18.9 Å². The van der Waals surface area contributed by atoms with Crippen molar-refractivity contribution < 1.29 is 18.7 Å². The van der Waals surface area contributed by atoms with Crippen LogP contribution in [0.15, 0.2) is 16.7 Å². The van der Waals surface area contributed by atoms with Crippen LogP contribution in [0.4, 0.5) is 0 Å². The molecule has 0 fully saturated rings. The molecule has 1 aromatic rings. The number of ketones is 1. The molecular formula is C10H10O4. The summed E-state index contributed by atoms with van der Waals surface area (Å²) in [6.45, 7) is 0. The summed E-state index contributed by atoms with van der Waals surface area (Å²) in [6.07, 6.45) is 2.57. The first-order chi connectivity index (χ1) is 6.74. The molecule has 0 bridgehead atoms. The Morgan fingerprint density at radius 3 is 3.14 bits per heavy atom. The molecule has 0 N–H and O–H groups in total. The standard InChI is InChI=1S/C10H10O4/c1-13-10(12)7-2-3-8-6(9(7)11)4-5-14-8/h4-5,7H,2-3H2,1H3. The molecule has 0 spiro atoms. The maximum Gasteiger partial charge on any atom is 0.316 e. The average molecular weight is 194 g/mol. The quantitative estimate of drug-likeness (QED) is 0.498. The zero-order chi connectivity index (χ0) is 10.1. The minimum Gasteiger partial charge on any atom is -0.469 e. The first-order valence-electron chi connectivity index (χ1n) is 4.42. The van der Waals surface area contributed by atoms with Gasteiger partial charge in [0.1, 0.15) is 11.7 Å². The Balaban J connectivity index is 2.30. The van der Waals surface area contributed by atoms with Crippen LogP contribution in [0.25, 0.3) is 0 Å². The Morgan fingerprint density at radius 2 is 2.43 bits per heavy atom. The van der Waals surface area contributed by atoms with E-state index in [1.54, 1.807) is 6.07 Å². The fourth-order valence-electron chi connectivity index (χ4n) is 1.72. The van der Waals surface area contributed by atoms with E-state index in [0.717, 1.165) is 0 Å². The van der Waals surface area contributed by atoms with Crippen LogP contribution in [0, 0.1) is 5.92 Å². The number of carbonyl (C=O) groups is 2. The summed E-state index contributed by atoms with van der Waals surface area (Å²) < 4.78 is 9.68. The van der Waals surface area contributed by atoms with E-state index in [2.05, 4.69) is 4.74 Å². The smallest absolute Gasteiger partial charge is 0.316 e. The third-order valence-corrected chi connectivity index (χ3v) is 2.47. The lowest BCUT2D eigenvalue weighted by Gasteiger charge is -2.17. The van der Waals surface area contributed by atoms with Gasteiger partial charge in [0.2, 0.25) is 0 Å². The summed E-state index contributed by atoms with van der Waals surface area (Å²) in [6, 6.07) is 1.60. The SMILES string of the molecule is COC(=O)C1CCc2occc2C1=O. The first-order valence-corrected chi connectivity index (χ1v) is 4.42. The summed E-state index contributed by atoms with van der Waals surface area (Å²) in [5, 5.41) is 0. The zero-order valence-electron chi connectivity index (χ0n) is 7.78. The van der Waals surface area contributed by atoms with Gasteiger partial charge >= 0.3 is 5.97 Å². The van der Waals surface area contributed by atoms with Crippen LogP contribution in [0.5, 0.6) is 0 Å². The van der Waals surface area contributed by atoms with E-state index >= 15 is 0 Å². The lowest BCUT2D eigenvalue weighted by Crippen LogP contribution is -2.29. The molecule has 1 unspecified atom stereocenters. The number of hydrogen-bond acceptors (Lipinski definition) is 4. The number of furan rings is 1. The van der Waals surface area contributed by atoms with Crippen molar-refractivity contribution in [2.24, 2.45) is 5.92 Å². The van der Waals surface area contributed by atoms with Crippen LogP contribution >= 0.6 is 0 Å². The van der Waals surface area contributed by atoms with Crippen molar-refractivity contribution in [1.82, 2.24) is 0 Å². The minimum atomic E-state index is -0.648. The second-order valence-corrected chi connectivity index (χ2v) is 3.24. The Morgan fingerprint density at radius 1 is 1.64 bits per heavy atom. The van der Waals surface area contributed by atoms with Crippen molar-refractivity contribution in [3.05, 3.63) is 23.7 Å². The average Bonchev–Trinajstić information content (AvgIpc) is 2.66. The number of hydrogen-bond donors (Lipinski definition) is 0. The van der Waals surface area contributed by atoms with Gasteiger partial charge in [-0.3, -0.25) is 9.59 Å². The highest BCUT2D eigenvalue weighted by atomic mass is 16.5. The van der Waals surface area contributed by atoms with E-state index in [1.807, 2.05) is 0 Å². The van der Waals surface area contributed by atoms with Crippen molar-refractivity contribution in [3.63, 3.8) is 0 Å². The second-order valence-electron chi connectivity index (χ2n) is 3.24. The third kappa shape index (κ3) is 1.23. The lowest BCUT2D eigenvalue weighted by atomic mass is 9.87. The van der Waals surface area contributed by atoms with Gasteiger partial charge in [-0.1, -0.05) is 0 Å². The van der Waals surface area contributed by atoms with E-state index in [9.17, 15) is 9.59 Å². The lowest BCUT2D eigenvalue weighted by molar-refractivity contribution is -0.143. The topological polar surface area (TPSA) is 56.5 Å². The van der Waals surface area contributed by atoms with Crippen molar-refractivity contribution in [2.75, 3.05) is 7.11 Å². The molecule has 0 aromatic carbocycles. The number of aryl methyl sites for hydroxylation is 1. The van der Waals surface area contributed by atoms with E-state index < -0.39 is 11.9 Å². The van der Waals surface area contributed by atoms with Crippen LogP contribution in [0.1, 0.15) is 22.5 Å².